The maximum absolute atomic E-state index is 13.2. The number of hydrogen-bond donors (Lipinski definition) is 1. The Morgan fingerprint density at radius 2 is 1.79 bits per heavy atom. The molecule has 1 aliphatic carbocycles. The van der Waals surface area contributed by atoms with Gasteiger partial charge in [0.25, 0.3) is 5.91 Å². The van der Waals surface area contributed by atoms with Crippen molar-refractivity contribution >= 4 is 28.4 Å². The molecule has 1 aromatic heterocycles. The number of para-hydroxylation sites is 1. The van der Waals surface area contributed by atoms with E-state index in [4.69, 9.17) is 16.6 Å². The van der Waals surface area contributed by atoms with Gasteiger partial charge in [0, 0.05) is 47.1 Å². The average Bonchev–Trinajstić information content (AvgIpc) is 3.54. The maximum atomic E-state index is 13.2. The molecule has 0 spiro atoms. The van der Waals surface area contributed by atoms with Crippen LogP contribution in [0.25, 0.3) is 10.9 Å². The molecule has 3 fully saturated rings. The van der Waals surface area contributed by atoms with Gasteiger partial charge in [-0.05, 0) is 68.7 Å². The molecular weight excluding hydrogens is 432 g/mol. The van der Waals surface area contributed by atoms with Gasteiger partial charge < -0.3 is 10.2 Å². The molecule has 2 aliphatic heterocycles. The van der Waals surface area contributed by atoms with Crippen molar-refractivity contribution in [2.75, 3.05) is 7.05 Å². The van der Waals surface area contributed by atoms with Crippen molar-refractivity contribution < 1.29 is 4.79 Å². The summed E-state index contributed by atoms with van der Waals surface area (Å²) in [5.74, 6) is 1.54. The Morgan fingerprint density at radius 3 is 2.55 bits per heavy atom. The predicted molar refractivity (Wildman–Crippen MR) is 131 cm³/mol. The van der Waals surface area contributed by atoms with E-state index in [1.807, 2.05) is 49.2 Å². The number of nitrogens with one attached hydrogen (secondary N) is 1. The summed E-state index contributed by atoms with van der Waals surface area (Å²) < 4.78 is 0. The van der Waals surface area contributed by atoms with Crippen molar-refractivity contribution in [3.05, 3.63) is 70.1 Å². The zero-order valence-electron chi connectivity index (χ0n) is 19.1. The number of halogens is 1. The third-order valence-corrected chi connectivity index (χ3v) is 8.18. The number of amides is 1. The van der Waals surface area contributed by atoms with Gasteiger partial charge >= 0.3 is 0 Å². The molecule has 2 bridgehead atoms. The Hall–Kier alpha value is -2.50. The highest BCUT2D eigenvalue weighted by molar-refractivity contribution is 6.31. The normalized spacial score (nSPS) is 28.2. The predicted octanol–water partition coefficient (Wildman–Crippen LogP) is 5.22. The number of piperidine rings is 1. The van der Waals surface area contributed by atoms with Crippen molar-refractivity contribution in [3.8, 4) is 0 Å². The van der Waals surface area contributed by atoms with Gasteiger partial charge in [-0.15, -0.1) is 0 Å². The molecule has 5 nitrogen and oxygen atoms in total. The van der Waals surface area contributed by atoms with Crippen LogP contribution in [0.1, 0.15) is 71.4 Å². The van der Waals surface area contributed by atoms with Gasteiger partial charge in [-0.2, -0.15) is 0 Å². The van der Waals surface area contributed by atoms with Crippen LogP contribution in [0.5, 0.6) is 0 Å². The summed E-state index contributed by atoms with van der Waals surface area (Å²) in [5, 5.41) is 5.46. The highest BCUT2D eigenvalue weighted by Gasteiger charge is 2.43. The van der Waals surface area contributed by atoms with Crippen LogP contribution in [0, 0.1) is 6.92 Å². The van der Waals surface area contributed by atoms with Gasteiger partial charge in [0.2, 0.25) is 0 Å². The molecule has 3 unspecified atom stereocenters. The van der Waals surface area contributed by atoms with Gasteiger partial charge in [0.15, 0.2) is 0 Å². The average molecular weight is 461 g/mol. The quantitative estimate of drug-likeness (QED) is 0.580. The summed E-state index contributed by atoms with van der Waals surface area (Å²) in [6.45, 7) is 1.95. The molecule has 6 heteroatoms. The van der Waals surface area contributed by atoms with Gasteiger partial charge in [0.05, 0.1) is 11.2 Å². The lowest BCUT2D eigenvalue weighted by molar-refractivity contribution is 0.0681. The maximum Gasteiger partial charge on any atom is 0.253 e. The highest BCUT2D eigenvalue weighted by atomic mass is 35.5. The van der Waals surface area contributed by atoms with E-state index in [1.165, 1.54) is 12.8 Å². The van der Waals surface area contributed by atoms with E-state index in [-0.39, 0.29) is 5.91 Å². The Labute approximate surface area is 199 Å². The van der Waals surface area contributed by atoms with Crippen LogP contribution >= 0.6 is 11.6 Å². The molecule has 3 heterocycles. The number of carbonyl (C=O) groups is 1. The zero-order chi connectivity index (χ0) is 22.7. The second-order valence-corrected chi connectivity index (χ2v) is 10.4. The van der Waals surface area contributed by atoms with Crippen molar-refractivity contribution in [1.29, 1.82) is 0 Å². The standard InChI is InChI=1S/C27H29ClN4O/c1-15-29-25-6-4-3-5-21(25)26(30-15)23-14-22(23)20-10-7-16(11-24(20)28)27(33)32(2)19-12-17-8-9-18(13-19)31-17/h3-7,10-11,17-19,22-23,31H,8-9,12-14H2,1-2H3/t17-,18+,19?,22?,23?. The fourth-order valence-electron chi connectivity index (χ4n) is 6.02. The van der Waals surface area contributed by atoms with Crippen LogP contribution in [-0.2, 0) is 0 Å². The zero-order valence-corrected chi connectivity index (χ0v) is 19.8. The van der Waals surface area contributed by atoms with Gasteiger partial charge in [-0.25, -0.2) is 9.97 Å². The monoisotopic (exact) mass is 460 g/mol. The molecule has 3 aliphatic rings. The van der Waals surface area contributed by atoms with E-state index in [2.05, 4.69) is 22.4 Å². The summed E-state index contributed by atoms with van der Waals surface area (Å²) in [4.78, 5) is 24.5. The van der Waals surface area contributed by atoms with Crippen LogP contribution < -0.4 is 5.32 Å². The minimum Gasteiger partial charge on any atom is -0.339 e. The van der Waals surface area contributed by atoms with Crippen LogP contribution in [0.15, 0.2) is 42.5 Å². The number of nitrogens with zero attached hydrogens (tertiary/aromatic N) is 3. The SMILES string of the molecule is Cc1nc(C2CC2c2ccc(C(=O)N(C)C3C[C@H]4CC[C@@H](C3)N4)cc2Cl)c2ccccc2n1. The van der Waals surface area contributed by atoms with E-state index in [1.54, 1.807) is 0 Å². The van der Waals surface area contributed by atoms with Crippen molar-refractivity contribution in [3.63, 3.8) is 0 Å². The third kappa shape index (κ3) is 3.81. The molecule has 33 heavy (non-hydrogen) atoms. The summed E-state index contributed by atoms with van der Waals surface area (Å²) >= 11 is 6.74. The molecule has 170 valence electrons. The smallest absolute Gasteiger partial charge is 0.253 e. The Kier molecular flexibility index (Phi) is 5.15. The van der Waals surface area contributed by atoms with E-state index < -0.39 is 0 Å². The number of carbonyl (C=O) groups excluding carboxylic acids is 1. The first-order valence-corrected chi connectivity index (χ1v) is 12.4. The van der Waals surface area contributed by atoms with Gasteiger partial charge in [-0.1, -0.05) is 35.9 Å². The fourth-order valence-corrected chi connectivity index (χ4v) is 6.34. The number of fused-ring (bicyclic) bond motifs is 3. The second-order valence-electron chi connectivity index (χ2n) is 10.0. The molecule has 3 aromatic rings. The highest BCUT2D eigenvalue weighted by Crippen LogP contribution is 2.56. The summed E-state index contributed by atoms with van der Waals surface area (Å²) in [6, 6.07) is 15.5. The molecule has 2 aromatic carbocycles. The van der Waals surface area contributed by atoms with Gasteiger partial charge in [-0.3, -0.25) is 4.79 Å². The first-order chi connectivity index (χ1) is 16.0. The fraction of sp³-hybridized carbons (Fsp3) is 0.444. The molecule has 1 saturated carbocycles. The largest absolute Gasteiger partial charge is 0.339 e. The first kappa shape index (κ1) is 21.1. The van der Waals surface area contributed by atoms with E-state index in [0.29, 0.717) is 40.5 Å². The van der Waals surface area contributed by atoms with Gasteiger partial charge in [0.1, 0.15) is 5.82 Å². The molecule has 1 N–H and O–H groups in total. The van der Waals surface area contributed by atoms with E-state index in [0.717, 1.165) is 47.2 Å². The number of rotatable bonds is 4. The lowest BCUT2D eigenvalue weighted by Crippen LogP contribution is -2.48. The van der Waals surface area contributed by atoms with Crippen LogP contribution in [0.3, 0.4) is 0 Å². The van der Waals surface area contributed by atoms with E-state index in [9.17, 15) is 4.79 Å². The molecule has 5 atom stereocenters. The third-order valence-electron chi connectivity index (χ3n) is 7.85. The van der Waals surface area contributed by atoms with Crippen molar-refractivity contribution in [1.82, 2.24) is 20.2 Å². The first-order valence-electron chi connectivity index (χ1n) is 12.0. The molecule has 6 rings (SSSR count). The minimum atomic E-state index is 0.0690. The summed E-state index contributed by atoms with van der Waals surface area (Å²) in [7, 11) is 1.94. The molecule has 1 amide bonds. The Bertz CT molecular complexity index is 1230. The molecule has 2 saturated heterocycles. The number of benzene rings is 2. The summed E-state index contributed by atoms with van der Waals surface area (Å²) in [5.41, 5.74) is 3.89. The van der Waals surface area contributed by atoms with E-state index >= 15 is 0 Å². The van der Waals surface area contributed by atoms with Crippen molar-refractivity contribution in [2.24, 2.45) is 0 Å². The lowest BCUT2D eigenvalue weighted by Gasteiger charge is -2.35. The summed E-state index contributed by atoms with van der Waals surface area (Å²) in [6.07, 6.45) is 5.56. The second kappa shape index (κ2) is 8.07. The lowest BCUT2D eigenvalue weighted by atomic mass is 9.97. The number of aromatic nitrogens is 2. The van der Waals surface area contributed by atoms with Crippen LogP contribution in [-0.4, -0.2) is 45.9 Å². The van der Waals surface area contributed by atoms with Crippen LogP contribution in [0.2, 0.25) is 5.02 Å². The minimum absolute atomic E-state index is 0.0690. The molecule has 0 radical (unpaired) electrons. The van der Waals surface area contributed by atoms with Crippen molar-refractivity contribution in [2.45, 2.75) is 69.0 Å². The Morgan fingerprint density at radius 1 is 1.03 bits per heavy atom. The number of aryl methyl sites for hydroxylation is 1. The molecular formula is C27H29ClN4O. The number of hydrogen-bond acceptors (Lipinski definition) is 4. The topological polar surface area (TPSA) is 58.1 Å². The van der Waals surface area contributed by atoms with Crippen LogP contribution in [0.4, 0.5) is 0 Å². The Balaban J connectivity index is 1.21.